The lowest BCUT2D eigenvalue weighted by Crippen LogP contribution is -2.29. The van der Waals surface area contributed by atoms with Crippen LogP contribution in [0.25, 0.3) is 0 Å². The Hall–Kier alpha value is -1.14. The molecule has 5 nitrogen and oxygen atoms in total. The van der Waals surface area contributed by atoms with Crippen LogP contribution in [-0.2, 0) is 10.0 Å². The molecule has 0 unspecified atom stereocenters. The van der Waals surface area contributed by atoms with Crippen molar-refractivity contribution in [2.24, 2.45) is 5.92 Å². The fourth-order valence-corrected chi connectivity index (χ4v) is 2.62. The van der Waals surface area contributed by atoms with E-state index >= 15 is 0 Å². The molecule has 6 heteroatoms. The normalized spacial score (nSPS) is 11.9. The third-order valence-corrected chi connectivity index (χ3v) is 4.20. The third-order valence-electron chi connectivity index (χ3n) is 2.78. The van der Waals surface area contributed by atoms with Crippen LogP contribution in [0.1, 0.15) is 26.7 Å². The van der Waals surface area contributed by atoms with Gasteiger partial charge < -0.3 is 5.73 Å². The molecule has 0 aromatic carbocycles. The average molecular weight is 257 g/mol. The van der Waals surface area contributed by atoms with Crippen molar-refractivity contribution >= 4 is 15.8 Å². The summed E-state index contributed by atoms with van der Waals surface area (Å²) in [4.78, 5) is 3.93. The van der Waals surface area contributed by atoms with Crippen LogP contribution >= 0.6 is 0 Å². The van der Waals surface area contributed by atoms with Crippen LogP contribution < -0.4 is 10.5 Å². The first-order valence-electron chi connectivity index (χ1n) is 5.70. The molecule has 1 heterocycles. The van der Waals surface area contributed by atoms with Crippen molar-refractivity contribution in [2.45, 2.75) is 31.6 Å². The van der Waals surface area contributed by atoms with Crippen molar-refractivity contribution in [3.05, 3.63) is 18.3 Å². The maximum absolute atomic E-state index is 11.9. The van der Waals surface area contributed by atoms with E-state index in [1.54, 1.807) is 0 Å². The number of sulfonamides is 1. The smallest absolute Gasteiger partial charge is 0.240 e. The molecule has 3 N–H and O–H groups in total. The van der Waals surface area contributed by atoms with Crippen LogP contribution in [0.15, 0.2) is 23.2 Å². The molecule has 0 bridgehead atoms. The molecule has 0 fully saturated rings. The van der Waals surface area contributed by atoms with E-state index in [-0.39, 0.29) is 10.7 Å². The lowest BCUT2D eigenvalue weighted by molar-refractivity contribution is 0.479. The van der Waals surface area contributed by atoms with Crippen molar-refractivity contribution in [1.82, 2.24) is 9.71 Å². The SMILES string of the molecule is CCC(CC)CNS(=O)(=O)c1ccnc(N)c1. The van der Waals surface area contributed by atoms with Crippen LogP contribution in [0, 0.1) is 5.92 Å². The summed E-state index contributed by atoms with van der Waals surface area (Å²) in [6, 6.07) is 2.79. The summed E-state index contributed by atoms with van der Waals surface area (Å²) < 4.78 is 26.4. The quantitative estimate of drug-likeness (QED) is 0.806. The summed E-state index contributed by atoms with van der Waals surface area (Å²) in [5, 5.41) is 0. The van der Waals surface area contributed by atoms with Gasteiger partial charge in [0.1, 0.15) is 5.82 Å². The molecule has 0 radical (unpaired) electrons. The molecule has 17 heavy (non-hydrogen) atoms. The Bertz CT molecular complexity index is 456. The second kappa shape index (κ2) is 5.97. The summed E-state index contributed by atoms with van der Waals surface area (Å²) >= 11 is 0. The lowest BCUT2D eigenvalue weighted by Gasteiger charge is -2.13. The van der Waals surface area contributed by atoms with E-state index in [1.807, 2.05) is 13.8 Å². The molecule has 0 saturated heterocycles. The molecular formula is C11H19N3O2S. The van der Waals surface area contributed by atoms with Gasteiger partial charge in [-0.25, -0.2) is 18.1 Å². The Morgan fingerprint density at radius 1 is 1.41 bits per heavy atom. The summed E-state index contributed by atoms with van der Waals surface area (Å²) in [6.07, 6.45) is 3.30. The highest BCUT2D eigenvalue weighted by atomic mass is 32.2. The number of rotatable bonds is 6. The first kappa shape index (κ1) is 13.9. The minimum Gasteiger partial charge on any atom is -0.384 e. The Balaban J connectivity index is 2.76. The molecule has 0 aliphatic rings. The van der Waals surface area contributed by atoms with Gasteiger partial charge in [-0.3, -0.25) is 0 Å². The summed E-state index contributed by atoms with van der Waals surface area (Å²) in [5.41, 5.74) is 5.46. The van der Waals surface area contributed by atoms with Crippen LogP contribution in [0.3, 0.4) is 0 Å². The van der Waals surface area contributed by atoms with E-state index in [9.17, 15) is 8.42 Å². The first-order chi connectivity index (χ1) is 7.99. The van der Waals surface area contributed by atoms with Crippen molar-refractivity contribution in [1.29, 1.82) is 0 Å². The maximum atomic E-state index is 11.9. The van der Waals surface area contributed by atoms with E-state index in [1.165, 1.54) is 18.3 Å². The number of hydrogen-bond acceptors (Lipinski definition) is 4. The average Bonchev–Trinajstić information content (AvgIpc) is 2.30. The molecule has 1 aromatic rings. The fraction of sp³-hybridized carbons (Fsp3) is 0.545. The summed E-state index contributed by atoms with van der Waals surface area (Å²) in [5.74, 6) is 0.569. The molecule has 0 spiro atoms. The molecule has 1 rings (SSSR count). The van der Waals surface area contributed by atoms with E-state index in [0.717, 1.165) is 12.8 Å². The van der Waals surface area contributed by atoms with E-state index in [4.69, 9.17) is 5.73 Å². The molecule has 0 aliphatic carbocycles. The molecular weight excluding hydrogens is 238 g/mol. The van der Waals surface area contributed by atoms with Crippen LogP contribution in [-0.4, -0.2) is 19.9 Å². The van der Waals surface area contributed by atoms with Crippen LogP contribution in [0.5, 0.6) is 0 Å². The Labute approximate surface area is 102 Å². The first-order valence-corrected chi connectivity index (χ1v) is 7.19. The lowest BCUT2D eigenvalue weighted by atomic mass is 10.0. The summed E-state index contributed by atoms with van der Waals surface area (Å²) in [7, 11) is -3.47. The van der Waals surface area contributed by atoms with Gasteiger partial charge in [0.25, 0.3) is 0 Å². The zero-order chi connectivity index (χ0) is 12.9. The number of nitrogens with zero attached hydrogens (tertiary/aromatic N) is 1. The van der Waals surface area contributed by atoms with Gasteiger partial charge in [0, 0.05) is 18.8 Å². The molecule has 0 aliphatic heterocycles. The monoisotopic (exact) mass is 257 g/mol. The van der Waals surface area contributed by atoms with Gasteiger partial charge >= 0.3 is 0 Å². The Kier molecular flexibility index (Phi) is 4.89. The molecule has 1 aromatic heterocycles. The molecule has 0 amide bonds. The highest BCUT2D eigenvalue weighted by molar-refractivity contribution is 7.89. The van der Waals surface area contributed by atoms with Gasteiger partial charge in [0.15, 0.2) is 0 Å². The van der Waals surface area contributed by atoms with Gasteiger partial charge in [-0.1, -0.05) is 26.7 Å². The highest BCUT2D eigenvalue weighted by Gasteiger charge is 2.15. The second-order valence-electron chi connectivity index (χ2n) is 3.95. The van der Waals surface area contributed by atoms with Gasteiger partial charge in [-0.15, -0.1) is 0 Å². The molecule has 0 atom stereocenters. The summed E-state index contributed by atoms with van der Waals surface area (Å²) in [6.45, 7) is 4.55. The fourth-order valence-electron chi connectivity index (χ4n) is 1.48. The Morgan fingerprint density at radius 3 is 2.59 bits per heavy atom. The Morgan fingerprint density at radius 2 is 2.06 bits per heavy atom. The number of anilines is 1. The van der Waals surface area contributed by atoms with Gasteiger partial charge in [-0.05, 0) is 12.0 Å². The topological polar surface area (TPSA) is 85.1 Å². The van der Waals surface area contributed by atoms with Crippen molar-refractivity contribution in [3.63, 3.8) is 0 Å². The van der Waals surface area contributed by atoms with E-state index in [0.29, 0.717) is 12.5 Å². The number of aromatic nitrogens is 1. The number of nitrogens with one attached hydrogen (secondary N) is 1. The van der Waals surface area contributed by atoms with Crippen molar-refractivity contribution in [2.75, 3.05) is 12.3 Å². The van der Waals surface area contributed by atoms with Crippen molar-refractivity contribution in [3.8, 4) is 0 Å². The number of hydrogen-bond donors (Lipinski definition) is 2. The van der Waals surface area contributed by atoms with Gasteiger partial charge in [0.2, 0.25) is 10.0 Å². The van der Waals surface area contributed by atoms with Crippen molar-refractivity contribution < 1.29 is 8.42 Å². The predicted octanol–water partition coefficient (Wildman–Crippen LogP) is 1.38. The molecule has 96 valence electrons. The molecule has 0 saturated carbocycles. The van der Waals surface area contributed by atoms with E-state index < -0.39 is 10.0 Å². The van der Waals surface area contributed by atoms with Crippen LogP contribution in [0.2, 0.25) is 0 Å². The number of nitrogen functional groups attached to an aromatic ring is 1. The standard InChI is InChI=1S/C11H19N3O2S/c1-3-9(4-2)8-14-17(15,16)10-5-6-13-11(12)7-10/h5-7,9,14H,3-4,8H2,1-2H3,(H2,12,13). The largest absolute Gasteiger partial charge is 0.384 e. The second-order valence-corrected chi connectivity index (χ2v) is 5.72. The number of pyridine rings is 1. The predicted molar refractivity (Wildman–Crippen MR) is 67.9 cm³/mol. The van der Waals surface area contributed by atoms with Crippen LogP contribution in [0.4, 0.5) is 5.82 Å². The highest BCUT2D eigenvalue weighted by Crippen LogP contribution is 2.12. The zero-order valence-corrected chi connectivity index (χ0v) is 11.0. The number of nitrogens with two attached hydrogens (primary N) is 1. The van der Waals surface area contributed by atoms with Gasteiger partial charge in [0.05, 0.1) is 4.90 Å². The third kappa shape index (κ3) is 3.98. The van der Waals surface area contributed by atoms with Gasteiger partial charge in [-0.2, -0.15) is 0 Å². The minimum absolute atomic E-state index is 0.163. The zero-order valence-electron chi connectivity index (χ0n) is 10.2. The minimum atomic E-state index is -3.47. The van der Waals surface area contributed by atoms with E-state index in [2.05, 4.69) is 9.71 Å². The maximum Gasteiger partial charge on any atom is 0.240 e.